The number of nitrogens with one attached hydrogen (secondary N) is 1. The Morgan fingerprint density at radius 2 is 0.962 bits per heavy atom. The molecule has 7 aromatic carbocycles. The van der Waals surface area contributed by atoms with Gasteiger partial charge in [-0.05, 0) is 75.5 Å². The summed E-state index contributed by atoms with van der Waals surface area (Å²) in [5.41, 5.74) is 10.9. The second-order valence-corrected chi connectivity index (χ2v) is 14.2. The summed E-state index contributed by atoms with van der Waals surface area (Å²) in [6.45, 7) is 2.01. The number of benzene rings is 7. The molecular formula is C50H43N3. The fourth-order valence-electron chi connectivity index (χ4n) is 7.87. The highest BCUT2D eigenvalue weighted by atomic mass is 15.0. The largest absolute Gasteiger partial charge is 0.282 e. The summed E-state index contributed by atoms with van der Waals surface area (Å²) in [5, 5.41) is 11.6. The average Bonchev–Trinajstić information content (AvgIpc) is 3.24. The fraction of sp³-hybridized carbons (Fsp3) is 0.140. The summed E-state index contributed by atoms with van der Waals surface area (Å²) >= 11 is 0. The first kappa shape index (κ1) is 33.9. The van der Waals surface area contributed by atoms with Crippen LogP contribution in [0.4, 0.5) is 0 Å². The van der Waals surface area contributed by atoms with E-state index in [0.29, 0.717) is 5.84 Å². The van der Waals surface area contributed by atoms with Crippen LogP contribution in [0.25, 0.3) is 33.0 Å². The molecule has 1 N–H and O–H groups in total. The van der Waals surface area contributed by atoms with Gasteiger partial charge in [-0.25, -0.2) is 9.98 Å². The van der Waals surface area contributed by atoms with Gasteiger partial charge in [0.1, 0.15) is 0 Å². The monoisotopic (exact) mass is 685 g/mol. The van der Waals surface area contributed by atoms with Gasteiger partial charge in [0.25, 0.3) is 0 Å². The Labute approximate surface area is 313 Å². The van der Waals surface area contributed by atoms with Crippen LogP contribution in [0.3, 0.4) is 0 Å². The molecule has 53 heavy (non-hydrogen) atoms. The van der Waals surface area contributed by atoms with Gasteiger partial charge in [-0.3, -0.25) is 5.41 Å². The Bertz CT molecular complexity index is 2400. The standard InChI is InChI=1S/C50H43N3/c1-36(37-13-5-2-6-14-37)52-49(53-48(51)42-22-19-40(20-23-42)38-15-7-3-8-16-38)43-27-31-47(32-28-43)50(33-11-4-12-34-50)46-29-25-41(26-30-46)45-24-21-39-17-9-10-18-44(39)35-45/h2-3,5-10,13-32,35,51H,4,11-12,33-34H2,1H3/b51-48?,52-36+,53-49-. The lowest BCUT2D eigenvalue weighted by Crippen LogP contribution is -2.30. The van der Waals surface area contributed by atoms with Crippen molar-refractivity contribution in [1.29, 1.82) is 5.41 Å². The average molecular weight is 686 g/mol. The molecule has 0 saturated heterocycles. The van der Waals surface area contributed by atoms with Gasteiger partial charge in [-0.15, -0.1) is 0 Å². The van der Waals surface area contributed by atoms with E-state index >= 15 is 0 Å². The molecule has 0 radical (unpaired) electrons. The van der Waals surface area contributed by atoms with Crippen LogP contribution in [0.2, 0.25) is 0 Å². The van der Waals surface area contributed by atoms with Gasteiger partial charge in [0, 0.05) is 22.3 Å². The number of hydrogen-bond donors (Lipinski definition) is 1. The molecule has 0 aliphatic heterocycles. The molecule has 0 bridgehead atoms. The summed E-state index contributed by atoms with van der Waals surface area (Å²) in [5.74, 6) is 0.719. The smallest absolute Gasteiger partial charge is 0.161 e. The third kappa shape index (κ3) is 7.29. The van der Waals surface area contributed by atoms with Gasteiger partial charge in [0.2, 0.25) is 0 Å². The molecule has 0 amide bonds. The normalized spacial score (nSPS) is 14.6. The molecule has 0 unspecified atom stereocenters. The lowest BCUT2D eigenvalue weighted by atomic mass is 9.65. The van der Waals surface area contributed by atoms with Crippen LogP contribution in [0, 0.1) is 5.41 Å². The van der Waals surface area contributed by atoms with Crippen molar-refractivity contribution in [1.82, 2.24) is 0 Å². The number of fused-ring (bicyclic) bond motifs is 1. The van der Waals surface area contributed by atoms with Gasteiger partial charge in [0.05, 0.1) is 0 Å². The van der Waals surface area contributed by atoms with E-state index in [1.807, 2.05) is 55.5 Å². The molecule has 0 heterocycles. The molecule has 1 aliphatic carbocycles. The van der Waals surface area contributed by atoms with Crippen molar-refractivity contribution in [2.24, 2.45) is 9.98 Å². The highest BCUT2D eigenvalue weighted by Gasteiger charge is 2.35. The number of aliphatic imine (C=N–C) groups is 2. The van der Waals surface area contributed by atoms with Crippen LogP contribution < -0.4 is 0 Å². The summed E-state index contributed by atoms with van der Waals surface area (Å²) in [7, 11) is 0. The lowest BCUT2D eigenvalue weighted by Gasteiger charge is -2.39. The molecule has 0 spiro atoms. The summed E-state index contributed by atoms with van der Waals surface area (Å²) < 4.78 is 0. The fourth-order valence-corrected chi connectivity index (χ4v) is 7.87. The van der Waals surface area contributed by atoms with E-state index in [1.54, 1.807) is 0 Å². The van der Waals surface area contributed by atoms with E-state index < -0.39 is 0 Å². The molecule has 7 aromatic rings. The zero-order valence-electron chi connectivity index (χ0n) is 30.2. The molecule has 0 atom stereocenters. The summed E-state index contributed by atoms with van der Waals surface area (Å²) in [4.78, 5) is 9.92. The Morgan fingerprint density at radius 1 is 0.453 bits per heavy atom. The number of rotatable bonds is 7. The van der Waals surface area contributed by atoms with Crippen LogP contribution in [0.1, 0.15) is 66.8 Å². The second-order valence-electron chi connectivity index (χ2n) is 14.2. The van der Waals surface area contributed by atoms with Crippen LogP contribution in [-0.4, -0.2) is 17.4 Å². The van der Waals surface area contributed by atoms with E-state index in [1.165, 1.54) is 52.3 Å². The SMILES string of the molecule is C/C(=N\C(=N/C(=N)c1ccc(-c2ccccc2)cc1)c1ccc(C2(c3ccc(-c4ccc5ccccc5c4)cc3)CCCCC2)cc1)c1ccccc1. The number of nitrogens with zero attached hydrogens (tertiary/aromatic N) is 2. The maximum atomic E-state index is 9.04. The molecule has 1 fully saturated rings. The van der Waals surface area contributed by atoms with Gasteiger partial charge < -0.3 is 0 Å². The molecule has 3 heteroatoms. The lowest BCUT2D eigenvalue weighted by molar-refractivity contribution is 0.346. The first-order valence-electron chi connectivity index (χ1n) is 18.7. The van der Waals surface area contributed by atoms with Crippen molar-refractivity contribution in [3.63, 3.8) is 0 Å². The number of hydrogen-bond acceptors (Lipinski definition) is 1. The van der Waals surface area contributed by atoms with Crippen LogP contribution >= 0.6 is 0 Å². The maximum absolute atomic E-state index is 9.04. The highest BCUT2D eigenvalue weighted by Crippen LogP contribution is 2.45. The molecule has 1 saturated carbocycles. The van der Waals surface area contributed by atoms with Crippen molar-refractivity contribution in [3.05, 3.63) is 204 Å². The Kier molecular flexibility index (Phi) is 9.73. The van der Waals surface area contributed by atoms with Gasteiger partial charge in [0.15, 0.2) is 11.7 Å². The van der Waals surface area contributed by atoms with Gasteiger partial charge >= 0.3 is 0 Å². The quantitative estimate of drug-likeness (QED) is 0.128. The third-order valence-electron chi connectivity index (χ3n) is 10.9. The van der Waals surface area contributed by atoms with E-state index in [9.17, 15) is 0 Å². The van der Waals surface area contributed by atoms with E-state index in [2.05, 4.69) is 127 Å². The minimum atomic E-state index is -0.0492. The summed E-state index contributed by atoms with van der Waals surface area (Å²) in [6, 6.07) is 62.0. The molecule has 1 aliphatic rings. The Morgan fingerprint density at radius 3 is 1.64 bits per heavy atom. The number of amidine groups is 2. The van der Waals surface area contributed by atoms with E-state index in [4.69, 9.17) is 15.4 Å². The minimum absolute atomic E-state index is 0.0492. The van der Waals surface area contributed by atoms with Gasteiger partial charge in [-0.1, -0.05) is 189 Å². The Hall–Kier alpha value is -6.19. The molecule has 258 valence electrons. The van der Waals surface area contributed by atoms with Gasteiger partial charge in [-0.2, -0.15) is 0 Å². The third-order valence-corrected chi connectivity index (χ3v) is 10.9. The molecule has 0 aromatic heterocycles. The van der Waals surface area contributed by atoms with E-state index in [0.717, 1.165) is 46.4 Å². The molecule has 8 rings (SSSR count). The zero-order chi connectivity index (χ0) is 36.0. The van der Waals surface area contributed by atoms with Crippen LogP contribution in [-0.2, 0) is 5.41 Å². The second kappa shape index (κ2) is 15.2. The van der Waals surface area contributed by atoms with E-state index in [-0.39, 0.29) is 11.3 Å². The highest BCUT2D eigenvalue weighted by molar-refractivity contribution is 6.16. The van der Waals surface area contributed by atoms with Crippen molar-refractivity contribution < 1.29 is 0 Å². The predicted octanol–water partition coefficient (Wildman–Crippen LogP) is 12.7. The molecule has 3 nitrogen and oxygen atoms in total. The topological polar surface area (TPSA) is 48.6 Å². The minimum Gasteiger partial charge on any atom is -0.282 e. The van der Waals surface area contributed by atoms with Crippen molar-refractivity contribution >= 4 is 28.2 Å². The van der Waals surface area contributed by atoms with Crippen LogP contribution in [0.15, 0.2) is 186 Å². The Balaban J connectivity index is 1.12. The predicted molar refractivity (Wildman–Crippen MR) is 224 cm³/mol. The maximum Gasteiger partial charge on any atom is 0.161 e. The first-order valence-corrected chi connectivity index (χ1v) is 18.7. The zero-order valence-corrected chi connectivity index (χ0v) is 30.2. The van der Waals surface area contributed by atoms with Crippen LogP contribution in [0.5, 0.6) is 0 Å². The molecular weight excluding hydrogens is 643 g/mol. The van der Waals surface area contributed by atoms with Crippen molar-refractivity contribution in [2.45, 2.75) is 44.4 Å². The summed E-state index contributed by atoms with van der Waals surface area (Å²) in [6.07, 6.45) is 5.94. The van der Waals surface area contributed by atoms with Crippen molar-refractivity contribution in [3.8, 4) is 22.3 Å². The van der Waals surface area contributed by atoms with Crippen molar-refractivity contribution in [2.75, 3.05) is 0 Å². The first-order chi connectivity index (χ1) is 26.1.